The molecular formula is C17H19NO2P+. The molecule has 0 aromatic heterocycles. The Balaban J connectivity index is 2.37. The van der Waals surface area contributed by atoms with Crippen LogP contribution in [-0.4, -0.2) is 5.52 Å². The molecule has 0 aliphatic carbocycles. The van der Waals surface area contributed by atoms with Crippen molar-refractivity contribution in [2.75, 3.05) is 0 Å². The lowest BCUT2D eigenvalue weighted by Gasteiger charge is -2.05. The number of carbonyl (C=O) groups is 1. The van der Waals surface area contributed by atoms with Gasteiger partial charge in [0.1, 0.15) is 0 Å². The van der Waals surface area contributed by atoms with Crippen molar-refractivity contribution < 1.29 is 9.36 Å². The normalized spacial score (nSPS) is 11.3. The summed E-state index contributed by atoms with van der Waals surface area (Å²) in [6.45, 7) is 6.18. The molecule has 0 spiro atoms. The zero-order valence-corrected chi connectivity index (χ0v) is 13.4. The SMILES string of the molecule is Cc1cc(C)c(C(=O)[P+](=O)c2ccc(CN)cc2)c(C)c1. The molecule has 2 aromatic rings. The van der Waals surface area contributed by atoms with Gasteiger partial charge in [0.05, 0.1) is 5.56 Å². The summed E-state index contributed by atoms with van der Waals surface area (Å²) in [5.74, 6) is 0. The van der Waals surface area contributed by atoms with Crippen LogP contribution < -0.4 is 11.0 Å². The highest BCUT2D eigenvalue weighted by Crippen LogP contribution is 2.30. The molecule has 4 heteroatoms. The van der Waals surface area contributed by atoms with E-state index in [1.807, 2.05) is 45.0 Å². The molecule has 2 rings (SSSR count). The quantitative estimate of drug-likeness (QED) is 0.881. The average molecular weight is 300 g/mol. The van der Waals surface area contributed by atoms with Crippen LogP contribution in [0.5, 0.6) is 0 Å². The van der Waals surface area contributed by atoms with Crippen LogP contribution in [0.1, 0.15) is 32.6 Å². The number of nitrogens with two attached hydrogens (primary N) is 1. The Hall–Kier alpha value is -1.83. The molecule has 0 saturated carbocycles. The molecule has 108 valence electrons. The van der Waals surface area contributed by atoms with Gasteiger partial charge in [0.2, 0.25) is 0 Å². The Labute approximate surface area is 126 Å². The van der Waals surface area contributed by atoms with Gasteiger partial charge in [-0.1, -0.05) is 34.4 Å². The third-order valence-corrected chi connectivity index (χ3v) is 4.84. The zero-order chi connectivity index (χ0) is 15.6. The number of hydrogen-bond acceptors (Lipinski definition) is 3. The van der Waals surface area contributed by atoms with Crippen LogP contribution in [0.2, 0.25) is 0 Å². The smallest absolute Gasteiger partial charge is 0.326 e. The van der Waals surface area contributed by atoms with Crippen LogP contribution >= 0.6 is 7.80 Å². The Morgan fingerprint density at radius 1 is 1.05 bits per heavy atom. The van der Waals surface area contributed by atoms with Gasteiger partial charge in [-0.2, -0.15) is 0 Å². The van der Waals surface area contributed by atoms with E-state index in [0.717, 1.165) is 22.3 Å². The predicted octanol–water partition coefficient (Wildman–Crippen LogP) is 3.36. The summed E-state index contributed by atoms with van der Waals surface area (Å²) in [6, 6.07) is 11.0. The molecule has 2 N–H and O–H groups in total. The Morgan fingerprint density at radius 3 is 2.05 bits per heavy atom. The standard InChI is InChI=1S/C17H19NO2P/c1-11-8-12(2)16(13(3)9-11)17(19)21(20)15-6-4-14(10-18)5-7-15/h4-9H,10,18H2,1-3H3/q+1. The fourth-order valence-corrected chi connectivity index (χ4v) is 3.71. The summed E-state index contributed by atoms with van der Waals surface area (Å²) < 4.78 is 12.5. The molecule has 0 fully saturated rings. The first-order chi connectivity index (χ1) is 9.93. The second-order valence-electron chi connectivity index (χ2n) is 5.24. The highest BCUT2D eigenvalue weighted by Gasteiger charge is 2.34. The van der Waals surface area contributed by atoms with Crippen molar-refractivity contribution in [1.82, 2.24) is 0 Å². The number of aryl methyl sites for hydroxylation is 3. The molecule has 1 unspecified atom stereocenters. The summed E-state index contributed by atoms with van der Waals surface area (Å²) in [4.78, 5) is 12.5. The van der Waals surface area contributed by atoms with Crippen LogP contribution in [0.15, 0.2) is 36.4 Å². The largest absolute Gasteiger partial charge is 0.458 e. The first-order valence-electron chi connectivity index (χ1n) is 6.82. The van der Waals surface area contributed by atoms with E-state index in [4.69, 9.17) is 5.73 Å². The van der Waals surface area contributed by atoms with Gasteiger partial charge in [-0.25, -0.2) is 4.79 Å². The van der Waals surface area contributed by atoms with Crippen molar-refractivity contribution in [3.63, 3.8) is 0 Å². The first kappa shape index (κ1) is 15.6. The molecule has 0 aliphatic rings. The molecular weight excluding hydrogens is 281 g/mol. The number of rotatable bonds is 4. The summed E-state index contributed by atoms with van der Waals surface area (Å²) in [7, 11) is -2.10. The van der Waals surface area contributed by atoms with E-state index in [0.29, 0.717) is 17.4 Å². The van der Waals surface area contributed by atoms with Crippen molar-refractivity contribution in [3.05, 3.63) is 64.2 Å². The topological polar surface area (TPSA) is 60.2 Å². The van der Waals surface area contributed by atoms with Crippen molar-refractivity contribution in [2.45, 2.75) is 27.3 Å². The van der Waals surface area contributed by atoms with Gasteiger partial charge >= 0.3 is 13.3 Å². The van der Waals surface area contributed by atoms with Crippen LogP contribution in [0, 0.1) is 20.8 Å². The van der Waals surface area contributed by atoms with E-state index < -0.39 is 7.80 Å². The van der Waals surface area contributed by atoms with Crippen molar-refractivity contribution >= 4 is 18.6 Å². The zero-order valence-electron chi connectivity index (χ0n) is 12.5. The van der Waals surface area contributed by atoms with E-state index in [9.17, 15) is 9.36 Å². The molecule has 0 saturated heterocycles. The van der Waals surface area contributed by atoms with E-state index >= 15 is 0 Å². The van der Waals surface area contributed by atoms with Gasteiger partial charge in [-0.3, -0.25) is 0 Å². The highest BCUT2D eigenvalue weighted by atomic mass is 31.1. The second kappa shape index (κ2) is 6.30. The molecule has 0 amide bonds. The van der Waals surface area contributed by atoms with Gasteiger partial charge in [-0.05, 0) is 49.6 Å². The van der Waals surface area contributed by atoms with Crippen molar-refractivity contribution in [2.24, 2.45) is 5.73 Å². The molecule has 0 heterocycles. The number of benzene rings is 2. The fraction of sp³-hybridized carbons (Fsp3) is 0.235. The minimum Gasteiger partial charge on any atom is -0.326 e. The molecule has 0 radical (unpaired) electrons. The van der Waals surface area contributed by atoms with Crippen LogP contribution in [0.3, 0.4) is 0 Å². The predicted molar refractivity (Wildman–Crippen MR) is 86.6 cm³/mol. The average Bonchev–Trinajstić information content (AvgIpc) is 2.45. The second-order valence-corrected chi connectivity index (χ2v) is 6.76. The third-order valence-electron chi connectivity index (χ3n) is 3.48. The van der Waals surface area contributed by atoms with E-state index in [-0.39, 0.29) is 5.52 Å². The monoisotopic (exact) mass is 300 g/mol. The number of carbonyl (C=O) groups excluding carboxylic acids is 1. The lowest BCUT2D eigenvalue weighted by atomic mass is 10.0. The van der Waals surface area contributed by atoms with Crippen molar-refractivity contribution in [3.8, 4) is 0 Å². The van der Waals surface area contributed by atoms with Gasteiger partial charge < -0.3 is 5.73 Å². The lowest BCUT2D eigenvalue weighted by Crippen LogP contribution is -2.08. The molecule has 2 aromatic carbocycles. The maximum atomic E-state index is 12.5. The van der Waals surface area contributed by atoms with E-state index in [1.165, 1.54) is 0 Å². The van der Waals surface area contributed by atoms with Gasteiger partial charge in [-0.15, -0.1) is 0 Å². The summed E-state index contributed by atoms with van der Waals surface area (Å²) in [6.07, 6.45) is 0. The molecule has 0 bridgehead atoms. The van der Waals surface area contributed by atoms with E-state index in [1.54, 1.807) is 12.1 Å². The lowest BCUT2D eigenvalue weighted by molar-refractivity contribution is 0.107. The molecule has 0 aliphatic heterocycles. The van der Waals surface area contributed by atoms with Gasteiger partial charge in [0, 0.05) is 6.54 Å². The maximum absolute atomic E-state index is 12.5. The third kappa shape index (κ3) is 3.26. The Bertz CT molecular complexity index is 682. The van der Waals surface area contributed by atoms with Gasteiger partial charge in [0.25, 0.3) is 0 Å². The summed E-state index contributed by atoms with van der Waals surface area (Å²) in [5.41, 5.74) is 9.62. The molecule has 1 atom stereocenters. The summed E-state index contributed by atoms with van der Waals surface area (Å²) in [5, 5.41) is 0.548. The van der Waals surface area contributed by atoms with Gasteiger partial charge in [0.15, 0.2) is 5.30 Å². The minimum atomic E-state index is -2.10. The van der Waals surface area contributed by atoms with Crippen LogP contribution in [-0.2, 0) is 11.1 Å². The maximum Gasteiger partial charge on any atom is 0.458 e. The highest BCUT2D eigenvalue weighted by molar-refractivity contribution is 7.71. The Kier molecular flexibility index (Phi) is 4.66. The first-order valence-corrected chi connectivity index (χ1v) is 8.08. The minimum absolute atomic E-state index is 0.305. The van der Waals surface area contributed by atoms with E-state index in [2.05, 4.69) is 0 Å². The number of hydrogen-bond donors (Lipinski definition) is 1. The van der Waals surface area contributed by atoms with Crippen LogP contribution in [0.4, 0.5) is 0 Å². The van der Waals surface area contributed by atoms with Crippen molar-refractivity contribution in [1.29, 1.82) is 0 Å². The Morgan fingerprint density at radius 2 is 1.57 bits per heavy atom. The summed E-state index contributed by atoms with van der Waals surface area (Å²) >= 11 is 0. The molecule has 21 heavy (non-hydrogen) atoms. The van der Waals surface area contributed by atoms with Crippen LogP contribution in [0.25, 0.3) is 0 Å². The fourth-order valence-electron chi connectivity index (χ4n) is 2.50. The molecule has 3 nitrogen and oxygen atoms in total.